The first kappa shape index (κ1) is 24.5. The molecule has 0 amide bonds. The highest BCUT2D eigenvalue weighted by molar-refractivity contribution is 5.85. The fourth-order valence-corrected chi connectivity index (χ4v) is 2.43. The maximum atomic E-state index is 10.4. The molecular formula is C21H42O2. The highest BCUT2D eigenvalue weighted by atomic mass is 16.4. The third-order valence-corrected chi connectivity index (χ3v) is 4.09. The zero-order valence-electron chi connectivity index (χ0n) is 16.2. The second kappa shape index (κ2) is 21.2. The Morgan fingerprint density at radius 1 is 0.652 bits per heavy atom. The standard InChI is InChI=1S/C13H24O2.C8H18/c1-3-4-5-6-7-8-9-10-11-12(2)13(14)15;1-3-5-7-8-6-4-2/h2-11H2,1H3,(H,14,15);3-8H2,1-2H3. The molecule has 0 radical (unpaired) electrons. The first-order valence-corrected chi connectivity index (χ1v) is 10.0. The van der Waals surface area contributed by atoms with Gasteiger partial charge in [0.2, 0.25) is 0 Å². The van der Waals surface area contributed by atoms with Crippen LogP contribution in [0.2, 0.25) is 0 Å². The molecule has 138 valence electrons. The smallest absolute Gasteiger partial charge is 0.330 e. The molecule has 23 heavy (non-hydrogen) atoms. The van der Waals surface area contributed by atoms with Gasteiger partial charge >= 0.3 is 5.97 Å². The summed E-state index contributed by atoms with van der Waals surface area (Å²) in [7, 11) is 0. The Morgan fingerprint density at radius 3 is 1.26 bits per heavy atom. The monoisotopic (exact) mass is 326 g/mol. The van der Waals surface area contributed by atoms with E-state index >= 15 is 0 Å². The van der Waals surface area contributed by atoms with Crippen LogP contribution in [-0.2, 0) is 4.79 Å². The van der Waals surface area contributed by atoms with Crippen molar-refractivity contribution in [3.63, 3.8) is 0 Å². The Hall–Kier alpha value is -0.790. The summed E-state index contributed by atoms with van der Waals surface area (Å²) >= 11 is 0. The number of carbonyl (C=O) groups is 1. The van der Waals surface area contributed by atoms with E-state index in [1.165, 1.54) is 77.0 Å². The molecule has 0 aromatic heterocycles. The lowest BCUT2D eigenvalue weighted by Gasteiger charge is -2.01. The SMILES string of the molecule is C=C(CCCCCCCCCC)C(=O)O.CCCCCCCC. The molecule has 0 atom stereocenters. The van der Waals surface area contributed by atoms with Gasteiger partial charge in [0.1, 0.15) is 0 Å². The summed E-state index contributed by atoms with van der Waals surface area (Å²) < 4.78 is 0. The molecule has 0 aromatic carbocycles. The summed E-state index contributed by atoms with van der Waals surface area (Å²) in [6, 6.07) is 0. The van der Waals surface area contributed by atoms with E-state index in [0.717, 1.165) is 12.8 Å². The molecular weight excluding hydrogens is 284 g/mol. The number of hydrogen-bond donors (Lipinski definition) is 1. The molecule has 0 aromatic rings. The third-order valence-electron chi connectivity index (χ3n) is 4.09. The molecule has 0 rings (SSSR count). The van der Waals surface area contributed by atoms with Crippen molar-refractivity contribution >= 4 is 5.97 Å². The van der Waals surface area contributed by atoms with Crippen LogP contribution in [-0.4, -0.2) is 11.1 Å². The van der Waals surface area contributed by atoms with Crippen LogP contribution >= 0.6 is 0 Å². The highest BCUT2D eigenvalue weighted by Crippen LogP contribution is 2.11. The summed E-state index contributed by atoms with van der Waals surface area (Å²) in [6.07, 6.45) is 19.1. The van der Waals surface area contributed by atoms with Crippen LogP contribution < -0.4 is 0 Å². The van der Waals surface area contributed by atoms with Gasteiger partial charge in [-0.15, -0.1) is 0 Å². The molecule has 0 heterocycles. The van der Waals surface area contributed by atoms with E-state index < -0.39 is 5.97 Å². The number of carboxylic acids is 1. The second-order valence-corrected chi connectivity index (χ2v) is 6.55. The largest absolute Gasteiger partial charge is 0.478 e. The summed E-state index contributed by atoms with van der Waals surface area (Å²) in [6.45, 7) is 10.2. The van der Waals surface area contributed by atoms with Crippen molar-refractivity contribution in [1.29, 1.82) is 0 Å². The van der Waals surface area contributed by atoms with E-state index in [4.69, 9.17) is 5.11 Å². The van der Waals surface area contributed by atoms with Gasteiger partial charge in [-0.1, -0.05) is 111 Å². The Bertz CT molecular complexity index is 253. The van der Waals surface area contributed by atoms with Crippen molar-refractivity contribution in [3.05, 3.63) is 12.2 Å². The molecule has 0 aliphatic rings. The molecule has 0 bridgehead atoms. The van der Waals surface area contributed by atoms with Crippen LogP contribution in [0.25, 0.3) is 0 Å². The Kier molecular flexibility index (Phi) is 22.6. The van der Waals surface area contributed by atoms with Crippen LogP contribution in [0.1, 0.15) is 117 Å². The predicted molar refractivity (Wildman–Crippen MR) is 103 cm³/mol. The number of carboxylic acid groups (broad SMARTS) is 1. The molecule has 0 aliphatic carbocycles. The average molecular weight is 327 g/mol. The molecule has 0 unspecified atom stereocenters. The van der Waals surface area contributed by atoms with E-state index in [1.54, 1.807) is 0 Å². The van der Waals surface area contributed by atoms with Gasteiger partial charge in [-0.25, -0.2) is 4.79 Å². The molecule has 0 saturated carbocycles. The van der Waals surface area contributed by atoms with Crippen molar-refractivity contribution < 1.29 is 9.90 Å². The normalized spacial score (nSPS) is 10.0. The molecule has 1 N–H and O–H groups in total. The van der Waals surface area contributed by atoms with E-state index in [9.17, 15) is 4.79 Å². The van der Waals surface area contributed by atoms with Crippen LogP contribution in [0.3, 0.4) is 0 Å². The number of rotatable bonds is 15. The molecule has 2 nitrogen and oxygen atoms in total. The Labute approximate surface area is 145 Å². The predicted octanol–water partition coefficient (Wildman–Crippen LogP) is 7.52. The van der Waals surface area contributed by atoms with Crippen molar-refractivity contribution in [2.24, 2.45) is 0 Å². The van der Waals surface area contributed by atoms with Crippen molar-refractivity contribution in [2.45, 2.75) is 117 Å². The van der Waals surface area contributed by atoms with Gasteiger partial charge in [0, 0.05) is 5.57 Å². The van der Waals surface area contributed by atoms with Gasteiger partial charge in [-0.2, -0.15) is 0 Å². The quantitative estimate of drug-likeness (QED) is 0.249. The lowest BCUT2D eigenvalue weighted by molar-refractivity contribution is -0.132. The van der Waals surface area contributed by atoms with Gasteiger partial charge in [-0.05, 0) is 12.8 Å². The minimum Gasteiger partial charge on any atom is -0.478 e. The molecule has 0 saturated heterocycles. The average Bonchev–Trinajstić information content (AvgIpc) is 2.54. The van der Waals surface area contributed by atoms with Gasteiger partial charge in [0.05, 0.1) is 0 Å². The third kappa shape index (κ3) is 23.6. The van der Waals surface area contributed by atoms with E-state index in [0.29, 0.717) is 12.0 Å². The minimum atomic E-state index is -0.849. The van der Waals surface area contributed by atoms with Gasteiger partial charge < -0.3 is 5.11 Å². The zero-order chi connectivity index (χ0) is 17.8. The molecule has 0 aliphatic heterocycles. The minimum absolute atomic E-state index is 0.348. The lowest BCUT2D eigenvalue weighted by atomic mass is 10.1. The maximum Gasteiger partial charge on any atom is 0.330 e. The fourth-order valence-electron chi connectivity index (χ4n) is 2.43. The fraction of sp³-hybridized carbons (Fsp3) is 0.857. The van der Waals surface area contributed by atoms with Gasteiger partial charge in [0.25, 0.3) is 0 Å². The summed E-state index contributed by atoms with van der Waals surface area (Å²) in [5.74, 6) is -0.849. The first-order valence-electron chi connectivity index (χ1n) is 10.0. The van der Waals surface area contributed by atoms with Crippen molar-refractivity contribution in [1.82, 2.24) is 0 Å². The molecule has 0 fully saturated rings. The van der Waals surface area contributed by atoms with Crippen LogP contribution in [0, 0.1) is 0 Å². The second-order valence-electron chi connectivity index (χ2n) is 6.55. The summed E-state index contributed by atoms with van der Waals surface area (Å²) in [5, 5.41) is 8.58. The lowest BCUT2D eigenvalue weighted by Crippen LogP contribution is -1.98. The van der Waals surface area contributed by atoms with Crippen LogP contribution in [0.15, 0.2) is 12.2 Å². The molecule has 2 heteroatoms. The van der Waals surface area contributed by atoms with Crippen LogP contribution in [0.5, 0.6) is 0 Å². The van der Waals surface area contributed by atoms with Crippen molar-refractivity contribution in [3.8, 4) is 0 Å². The highest BCUT2D eigenvalue weighted by Gasteiger charge is 2.02. The molecule has 0 spiro atoms. The summed E-state index contributed by atoms with van der Waals surface area (Å²) in [5.41, 5.74) is 0.348. The first-order chi connectivity index (χ1) is 11.1. The number of unbranched alkanes of at least 4 members (excludes halogenated alkanes) is 12. The van der Waals surface area contributed by atoms with E-state index in [-0.39, 0.29) is 0 Å². The number of aliphatic carboxylic acids is 1. The van der Waals surface area contributed by atoms with E-state index in [2.05, 4.69) is 27.4 Å². The van der Waals surface area contributed by atoms with Gasteiger partial charge in [-0.3, -0.25) is 0 Å². The number of hydrogen-bond acceptors (Lipinski definition) is 1. The van der Waals surface area contributed by atoms with Gasteiger partial charge in [0.15, 0.2) is 0 Å². The topological polar surface area (TPSA) is 37.3 Å². The summed E-state index contributed by atoms with van der Waals surface area (Å²) in [4.78, 5) is 10.4. The zero-order valence-corrected chi connectivity index (χ0v) is 16.2. The van der Waals surface area contributed by atoms with E-state index in [1.807, 2.05) is 0 Å². The van der Waals surface area contributed by atoms with Crippen LogP contribution in [0.4, 0.5) is 0 Å². The van der Waals surface area contributed by atoms with Crippen molar-refractivity contribution in [2.75, 3.05) is 0 Å². The Balaban J connectivity index is 0. The Morgan fingerprint density at radius 2 is 0.957 bits per heavy atom. The maximum absolute atomic E-state index is 10.4.